The van der Waals surface area contributed by atoms with Crippen LogP contribution in [0.15, 0.2) is 72.8 Å². The van der Waals surface area contributed by atoms with E-state index in [1.165, 1.54) is 0 Å². The second-order valence-corrected chi connectivity index (χ2v) is 7.00. The molecular weight excluding hydrogens is 353 g/mol. The Bertz CT molecular complexity index is 973. The number of carbonyl (C=O) groups excluding carboxylic acids is 1. The summed E-state index contributed by atoms with van der Waals surface area (Å²) in [5.41, 5.74) is 10.6. The number of amides is 1. The minimum atomic E-state index is -0.775. The van der Waals surface area contributed by atoms with Crippen LogP contribution in [0.1, 0.15) is 16.8 Å². The molecule has 0 aliphatic carbocycles. The Morgan fingerprint density at radius 3 is 2.46 bits per heavy atom. The number of rotatable bonds is 4. The molecule has 142 valence electrons. The van der Waals surface area contributed by atoms with E-state index in [-0.39, 0.29) is 5.91 Å². The molecule has 1 heterocycles. The van der Waals surface area contributed by atoms with Crippen molar-refractivity contribution in [2.24, 2.45) is 0 Å². The number of nitrogens with one attached hydrogen (secondary N) is 1. The van der Waals surface area contributed by atoms with E-state index < -0.39 is 6.17 Å². The van der Waals surface area contributed by atoms with Crippen molar-refractivity contribution in [3.05, 3.63) is 78.4 Å². The van der Waals surface area contributed by atoms with E-state index in [0.717, 1.165) is 16.8 Å². The maximum Gasteiger partial charge on any atom is 0.255 e. The van der Waals surface area contributed by atoms with Crippen molar-refractivity contribution in [3.63, 3.8) is 0 Å². The molecule has 0 bridgehead atoms. The van der Waals surface area contributed by atoms with Crippen LogP contribution < -0.4 is 16.0 Å². The molecule has 1 fully saturated rings. The number of nitrogen functional groups attached to an aromatic ring is 1. The molecule has 4 nitrogen and oxygen atoms in total. The third kappa shape index (κ3) is 3.83. The number of anilines is 3. The highest BCUT2D eigenvalue weighted by atomic mass is 19.1. The van der Waals surface area contributed by atoms with Crippen molar-refractivity contribution in [2.45, 2.75) is 12.6 Å². The molecule has 3 aromatic rings. The highest BCUT2D eigenvalue weighted by Gasteiger charge is 2.22. The van der Waals surface area contributed by atoms with E-state index >= 15 is 0 Å². The van der Waals surface area contributed by atoms with Crippen molar-refractivity contribution in [3.8, 4) is 11.1 Å². The lowest BCUT2D eigenvalue weighted by atomic mass is 10.0. The van der Waals surface area contributed by atoms with Crippen molar-refractivity contribution < 1.29 is 9.18 Å². The molecule has 28 heavy (non-hydrogen) atoms. The maximum absolute atomic E-state index is 13.4. The molecule has 1 atom stereocenters. The molecule has 3 aromatic carbocycles. The number of hydrogen-bond donors (Lipinski definition) is 2. The van der Waals surface area contributed by atoms with Crippen LogP contribution in [0, 0.1) is 0 Å². The smallest absolute Gasteiger partial charge is 0.255 e. The maximum atomic E-state index is 13.4. The third-order valence-corrected chi connectivity index (χ3v) is 5.00. The van der Waals surface area contributed by atoms with Gasteiger partial charge in [-0.15, -0.1) is 0 Å². The first-order chi connectivity index (χ1) is 13.6. The van der Waals surface area contributed by atoms with Gasteiger partial charge in [0.1, 0.15) is 6.17 Å². The summed E-state index contributed by atoms with van der Waals surface area (Å²) in [5, 5.41) is 2.97. The van der Waals surface area contributed by atoms with Gasteiger partial charge < -0.3 is 16.0 Å². The Labute approximate surface area is 163 Å². The number of carbonyl (C=O) groups is 1. The van der Waals surface area contributed by atoms with Gasteiger partial charge in [-0.25, -0.2) is 4.39 Å². The molecule has 1 aliphatic heterocycles. The summed E-state index contributed by atoms with van der Waals surface area (Å²) >= 11 is 0. The molecular formula is C23H22FN3O. The fourth-order valence-corrected chi connectivity index (χ4v) is 3.50. The molecule has 3 N–H and O–H groups in total. The van der Waals surface area contributed by atoms with Gasteiger partial charge >= 0.3 is 0 Å². The largest absolute Gasteiger partial charge is 0.399 e. The summed E-state index contributed by atoms with van der Waals surface area (Å²) < 4.78 is 13.4. The summed E-state index contributed by atoms with van der Waals surface area (Å²) in [6, 6.07) is 22.6. The number of benzene rings is 3. The van der Waals surface area contributed by atoms with E-state index in [0.29, 0.717) is 36.4 Å². The highest BCUT2D eigenvalue weighted by Crippen LogP contribution is 2.30. The van der Waals surface area contributed by atoms with Crippen LogP contribution in [0.4, 0.5) is 21.5 Å². The summed E-state index contributed by atoms with van der Waals surface area (Å²) in [6.07, 6.45) is -0.220. The minimum Gasteiger partial charge on any atom is -0.399 e. The molecule has 1 saturated heterocycles. The van der Waals surface area contributed by atoms with Crippen LogP contribution in [0.5, 0.6) is 0 Å². The zero-order valence-corrected chi connectivity index (χ0v) is 15.4. The monoisotopic (exact) mass is 375 g/mol. The Kier molecular flexibility index (Phi) is 4.98. The first-order valence-corrected chi connectivity index (χ1v) is 9.35. The average molecular weight is 375 g/mol. The Hall–Kier alpha value is -3.34. The second kappa shape index (κ2) is 7.72. The molecule has 0 aromatic heterocycles. The van der Waals surface area contributed by atoms with Gasteiger partial charge in [0, 0.05) is 35.6 Å². The lowest BCUT2D eigenvalue weighted by Crippen LogP contribution is -2.20. The first-order valence-electron chi connectivity index (χ1n) is 9.35. The van der Waals surface area contributed by atoms with E-state index in [1.54, 1.807) is 18.2 Å². The zero-order valence-electron chi connectivity index (χ0n) is 15.4. The topological polar surface area (TPSA) is 58.4 Å². The predicted molar refractivity (Wildman–Crippen MR) is 112 cm³/mol. The third-order valence-electron chi connectivity index (χ3n) is 5.00. The number of nitrogens with two attached hydrogens (primary N) is 1. The standard InChI is InChI=1S/C23H22FN3O/c24-18-12-13-27(15-18)20-9-6-17(7-10-20)23(28)26-22-14-19(25)8-11-21(22)16-4-2-1-3-5-16/h1-11,14,18H,12-13,15,25H2,(H,26,28)/t18-/m0/s1. The van der Waals surface area contributed by atoms with Gasteiger partial charge in [-0.1, -0.05) is 36.4 Å². The quantitative estimate of drug-likeness (QED) is 0.648. The molecule has 0 radical (unpaired) electrons. The van der Waals surface area contributed by atoms with Crippen LogP contribution in [-0.2, 0) is 0 Å². The first kappa shape index (κ1) is 18.0. The lowest BCUT2D eigenvalue weighted by molar-refractivity contribution is 0.102. The number of alkyl halides is 1. The normalized spacial score (nSPS) is 16.2. The SMILES string of the molecule is Nc1ccc(-c2ccccc2)c(NC(=O)c2ccc(N3CC[C@H](F)C3)cc2)c1. The molecule has 1 amide bonds. The fourth-order valence-electron chi connectivity index (χ4n) is 3.50. The van der Waals surface area contributed by atoms with Crippen LogP contribution in [0.2, 0.25) is 0 Å². The molecule has 1 aliphatic rings. The summed E-state index contributed by atoms with van der Waals surface area (Å²) in [4.78, 5) is 14.8. The minimum absolute atomic E-state index is 0.209. The molecule has 4 rings (SSSR count). The van der Waals surface area contributed by atoms with Crippen molar-refractivity contribution in [2.75, 3.05) is 29.0 Å². The van der Waals surface area contributed by atoms with E-state index in [4.69, 9.17) is 5.73 Å². The zero-order chi connectivity index (χ0) is 19.5. The van der Waals surface area contributed by atoms with Gasteiger partial charge in [0.25, 0.3) is 5.91 Å². The van der Waals surface area contributed by atoms with E-state index in [2.05, 4.69) is 5.32 Å². The Morgan fingerprint density at radius 1 is 1.04 bits per heavy atom. The van der Waals surface area contributed by atoms with Crippen molar-refractivity contribution >= 4 is 23.0 Å². The lowest BCUT2D eigenvalue weighted by Gasteiger charge is -2.18. The van der Waals surface area contributed by atoms with Gasteiger partial charge in [0.2, 0.25) is 0 Å². The fraction of sp³-hybridized carbons (Fsp3) is 0.174. The molecule has 0 spiro atoms. The van der Waals surface area contributed by atoms with Gasteiger partial charge in [-0.3, -0.25) is 4.79 Å². The van der Waals surface area contributed by atoms with Crippen LogP contribution in [-0.4, -0.2) is 25.2 Å². The van der Waals surface area contributed by atoms with Crippen molar-refractivity contribution in [1.82, 2.24) is 0 Å². The van der Waals surface area contributed by atoms with E-state index in [9.17, 15) is 9.18 Å². The number of nitrogens with zero attached hydrogens (tertiary/aromatic N) is 1. The highest BCUT2D eigenvalue weighted by molar-refractivity contribution is 6.06. The Morgan fingerprint density at radius 2 is 1.79 bits per heavy atom. The number of hydrogen-bond acceptors (Lipinski definition) is 3. The van der Waals surface area contributed by atoms with Crippen LogP contribution >= 0.6 is 0 Å². The van der Waals surface area contributed by atoms with Gasteiger partial charge in [0.15, 0.2) is 0 Å². The summed E-state index contributed by atoms with van der Waals surface area (Å²) in [6.45, 7) is 1.12. The molecule has 5 heteroatoms. The predicted octanol–water partition coefficient (Wildman–Crippen LogP) is 4.74. The van der Waals surface area contributed by atoms with Crippen molar-refractivity contribution in [1.29, 1.82) is 0 Å². The van der Waals surface area contributed by atoms with Gasteiger partial charge in [-0.05, 0) is 48.4 Å². The van der Waals surface area contributed by atoms with E-state index in [1.807, 2.05) is 59.5 Å². The second-order valence-electron chi connectivity index (χ2n) is 7.00. The average Bonchev–Trinajstić information content (AvgIpc) is 3.15. The number of halogens is 1. The van der Waals surface area contributed by atoms with Gasteiger partial charge in [-0.2, -0.15) is 0 Å². The molecule has 0 unspecified atom stereocenters. The molecule has 0 saturated carbocycles. The Balaban J connectivity index is 1.55. The van der Waals surface area contributed by atoms with Crippen LogP contribution in [0.3, 0.4) is 0 Å². The summed E-state index contributed by atoms with van der Waals surface area (Å²) in [7, 11) is 0. The van der Waals surface area contributed by atoms with Gasteiger partial charge in [0.05, 0.1) is 5.69 Å². The van der Waals surface area contributed by atoms with Crippen LogP contribution in [0.25, 0.3) is 11.1 Å². The summed E-state index contributed by atoms with van der Waals surface area (Å²) in [5.74, 6) is -0.209.